The van der Waals surface area contributed by atoms with Crippen LogP contribution in [0, 0.1) is 13.8 Å². The van der Waals surface area contributed by atoms with Crippen LogP contribution in [0.1, 0.15) is 18.1 Å². The van der Waals surface area contributed by atoms with Crippen molar-refractivity contribution in [2.75, 3.05) is 18.1 Å². The summed E-state index contributed by atoms with van der Waals surface area (Å²) in [6.07, 6.45) is 0. The van der Waals surface area contributed by atoms with Gasteiger partial charge in [-0.3, -0.25) is 0 Å². The number of anilines is 1. The predicted octanol–water partition coefficient (Wildman–Crippen LogP) is 2.06. The highest BCUT2D eigenvalue weighted by molar-refractivity contribution is 5.87. The molecule has 0 spiro atoms. The molecule has 2 rings (SSSR count). The molecule has 1 fully saturated rings. The van der Waals surface area contributed by atoms with Crippen molar-refractivity contribution < 1.29 is 9.53 Å². The van der Waals surface area contributed by atoms with E-state index in [0.29, 0.717) is 6.61 Å². The predicted molar refractivity (Wildman–Crippen MR) is 63.7 cm³/mol. The Labute approximate surface area is 96.0 Å². The van der Waals surface area contributed by atoms with Crippen molar-refractivity contribution in [3.8, 4) is 0 Å². The molecule has 1 heterocycles. The van der Waals surface area contributed by atoms with Gasteiger partial charge in [0.2, 0.25) is 0 Å². The summed E-state index contributed by atoms with van der Waals surface area (Å²) < 4.78 is 5.01. The molecule has 1 saturated heterocycles. The normalized spacial score (nSPS) is 18.4. The second kappa shape index (κ2) is 4.16. The lowest BCUT2D eigenvalue weighted by atomic mass is 10.1. The first-order valence-corrected chi connectivity index (χ1v) is 5.64. The van der Waals surface area contributed by atoms with Crippen molar-refractivity contribution in [3.63, 3.8) is 0 Å². The van der Waals surface area contributed by atoms with Crippen molar-refractivity contribution in [2.45, 2.75) is 26.8 Å². The first kappa shape index (κ1) is 11.0. The lowest BCUT2D eigenvalue weighted by Gasteiger charge is -2.09. The maximum Gasteiger partial charge on any atom is 0.330 e. The minimum Gasteiger partial charge on any atom is -0.464 e. The van der Waals surface area contributed by atoms with Crippen LogP contribution in [0.4, 0.5) is 5.69 Å². The van der Waals surface area contributed by atoms with E-state index in [4.69, 9.17) is 4.74 Å². The Morgan fingerprint density at radius 1 is 1.50 bits per heavy atom. The molecule has 16 heavy (non-hydrogen) atoms. The number of aryl methyl sites for hydroxylation is 2. The molecule has 0 N–H and O–H groups in total. The summed E-state index contributed by atoms with van der Waals surface area (Å²) in [4.78, 5) is 13.6. The molecule has 0 aliphatic carbocycles. The Balaban J connectivity index is 2.11. The van der Waals surface area contributed by atoms with Gasteiger partial charge in [0.05, 0.1) is 13.2 Å². The summed E-state index contributed by atoms with van der Waals surface area (Å²) in [6.45, 7) is 7.20. The zero-order valence-corrected chi connectivity index (χ0v) is 9.99. The smallest absolute Gasteiger partial charge is 0.330 e. The lowest BCUT2D eigenvalue weighted by Crippen LogP contribution is -2.16. The van der Waals surface area contributed by atoms with Crippen LogP contribution in [0.5, 0.6) is 0 Å². The van der Waals surface area contributed by atoms with E-state index in [9.17, 15) is 4.79 Å². The first-order valence-electron chi connectivity index (χ1n) is 5.64. The van der Waals surface area contributed by atoms with E-state index in [0.717, 1.165) is 12.2 Å². The van der Waals surface area contributed by atoms with Gasteiger partial charge in [0.1, 0.15) is 6.04 Å². The van der Waals surface area contributed by atoms with Crippen LogP contribution in [-0.2, 0) is 9.53 Å². The number of hydrogen-bond acceptors (Lipinski definition) is 3. The molecule has 1 aliphatic heterocycles. The van der Waals surface area contributed by atoms with Crippen LogP contribution in [0.2, 0.25) is 0 Å². The zero-order chi connectivity index (χ0) is 11.7. The summed E-state index contributed by atoms with van der Waals surface area (Å²) in [5, 5.41) is 0. The standard InChI is InChI=1S/C13H17NO2/c1-4-16-13(15)12-8-14(12)11-7-9(2)5-6-10(11)3/h5-7,12H,4,8H2,1-3H3. The fraction of sp³-hybridized carbons (Fsp3) is 0.462. The van der Waals surface area contributed by atoms with E-state index >= 15 is 0 Å². The monoisotopic (exact) mass is 219 g/mol. The topological polar surface area (TPSA) is 29.3 Å². The number of esters is 1. The Kier molecular flexibility index (Phi) is 2.86. The average Bonchev–Trinajstić information content (AvgIpc) is 3.02. The van der Waals surface area contributed by atoms with Crippen molar-refractivity contribution in [2.24, 2.45) is 0 Å². The van der Waals surface area contributed by atoms with Gasteiger partial charge >= 0.3 is 5.97 Å². The van der Waals surface area contributed by atoms with E-state index in [1.165, 1.54) is 11.1 Å². The number of carbonyl (C=O) groups is 1. The molecule has 0 bridgehead atoms. The van der Waals surface area contributed by atoms with Gasteiger partial charge in [0, 0.05) is 5.69 Å². The van der Waals surface area contributed by atoms with Crippen LogP contribution in [0.25, 0.3) is 0 Å². The van der Waals surface area contributed by atoms with Gasteiger partial charge in [-0.25, -0.2) is 4.79 Å². The summed E-state index contributed by atoms with van der Waals surface area (Å²) >= 11 is 0. The third kappa shape index (κ3) is 2.03. The van der Waals surface area contributed by atoms with Crippen LogP contribution in [0.3, 0.4) is 0 Å². The molecule has 0 amide bonds. The molecule has 0 radical (unpaired) electrons. The number of nitrogens with zero attached hydrogens (tertiary/aromatic N) is 1. The van der Waals surface area contributed by atoms with Gasteiger partial charge in [-0.05, 0) is 38.0 Å². The number of hydrogen-bond donors (Lipinski definition) is 0. The largest absolute Gasteiger partial charge is 0.464 e. The fourth-order valence-electron chi connectivity index (χ4n) is 1.87. The molecule has 0 saturated carbocycles. The lowest BCUT2D eigenvalue weighted by molar-refractivity contribution is -0.142. The maximum atomic E-state index is 11.5. The Bertz CT molecular complexity index is 414. The van der Waals surface area contributed by atoms with E-state index in [1.54, 1.807) is 0 Å². The summed E-state index contributed by atoms with van der Waals surface area (Å²) in [6, 6.07) is 6.22. The minimum absolute atomic E-state index is 0.0690. The zero-order valence-electron chi connectivity index (χ0n) is 9.99. The summed E-state index contributed by atoms with van der Waals surface area (Å²) in [5.41, 5.74) is 3.57. The SMILES string of the molecule is CCOC(=O)C1CN1c1cc(C)ccc1C. The van der Waals surface area contributed by atoms with Crippen molar-refractivity contribution in [3.05, 3.63) is 29.3 Å². The van der Waals surface area contributed by atoms with Crippen molar-refractivity contribution >= 4 is 11.7 Å². The third-order valence-corrected chi connectivity index (χ3v) is 2.85. The maximum absolute atomic E-state index is 11.5. The highest BCUT2D eigenvalue weighted by Gasteiger charge is 2.42. The summed E-state index contributed by atoms with van der Waals surface area (Å²) in [5.74, 6) is -0.108. The number of ether oxygens (including phenoxy) is 1. The molecule has 1 aliphatic rings. The average molecular weight is 219 g/mol. The van der Waals surface area contributed by atoms with Gasteiger partial charge in [0.25, 0.3) is 0 Å². The van der Waals surface area contributed by atoms with Gasteiger partial charge in [0.15, 0.2) is 0 Å². The molecule has 0 aromatic heterocycles. The van der Waals surface area contributed by atoms with E-state index < -0.39 is 0 Å². The van der Waals surface area contributed by atoms with Crippen LogP contribution in [0.15, 0.2) is 18.2 Å². The highest BCUT2D eigenvalue weighted by atomic mass is 16.5. The van der Waals surface area contributed by atoms with Crippen LogP contribution < -0.4 is 4.90 Å². The molecule has 1 aromatic carbocycles. The van der Waals surface area contributed by atoms with Crippen molar-refractivity contribution in [1.29, 1.82) is 0 Å². The van der Waals surface area contributed by atoms with E-state index in [2.05, 4.69) is 36.9 Å². The molecular weight excluding hydrogens is 202 g/mol. The van der Waals surface area contributed by atoms with Crippen molar-refractivity contribution in [1.82, 2.24) is 0 Å². The van der Waals surface area contributed by atoms with Crippen LogP contribution in [-0.4, -0.2) is 25.2 Å². The molecule has 1 aromatic rings. The second-order valence-electron chi connectivity index (χ2n) is 4.21. The van der Waals surface area contributed by atoms with Gasteiger partial charge < -0.3 is 9.64 Å². The number of carbonyl (C=O) groups excluding carboxylic acids is 1. The van der Waals surface area contributed by atoms with E-state index in [1.807, 2.05) is 6.92 Å². The highest BCUT2D eigenvalue weighted by Crippen LogP contribution is 2.32. The number of rotatable bonds is 3. The summed E-state index contributed by atoms with van der Waals surface area (Å²) in [7, 11) is 0. The second-order valence-corrected chi connectivity index (χ2v) is 4.21. The fourth-order valence-corrected chi connectivity index (χ4v) is 1.87. The van der Waals surface area contributed by atoms with Gasteiger partial charge in [-0.2, -0.15) is 0 Å². The Morgan fingerprint density at radius 2 is 2.25 bits per heavy atom. The quantitative estimate of drug-likeness (QED) is 0.575. The molecular formula is C13H17NO2. The van der Waals surface area contributed by atoms with Gasteiger partial charge in [-0.15, -0.1) is 0 Å². The number of benzene rings is 1. The molecule has 3 nitrogen and oxygen atoms in total. The first-order chi connectivity index (χ1) is 7.63. The Hall–Kier alpha value is -1.51. The molecule has 1 unspecified atom stereocenters. The van der Waals surface area contributed by atoms with Crippen LogP contribution >= 0.6 is 0 Å². The molecule has 3 heteroatoms. The molecule has 1 atom stereocenters. The minimum atomic E-state index is -0.108. The third-order valence-electron chi connectivity index (χ3n) is 2.85. The van der Waals surface area contributed by atoms with E-state index in [-0.39, 0.29) is 12.0 Å². The van der Waals surface area contributed by atoms with Gasteiger partial charge in [-0.1, -0.05) is 12.1 Å². The molecule has 86 valence electrons. The Morgan fingerprint density at radius 3 is 2.94 bits per heavy atom.